The Balaban J connectivity index is 1.05. The van der Waals surface area contributed by atoms with Gasteiger partial charge in [-0.05, 0) is 63.5 Å². The average molecular weight is 779 g/mol. The van der Waals surface area contributed by atoms with E-state index < -0.39 is 0 Å². The summed E-state index contributed by atoms with van der Waals surface area (Å²) < 4.78 is 2.16. The predicted molar refractivity (Wildman–Crippen MR) is 252 cm³/mol. The summed E-state index contributed by atoms with van der Waals surface area (Å²) in [6.45, 7) is 0. The molecule has 11 rings (SSSR count). The summed E-state index contributed by atoms with van der Waals surface area (Å²) in [7, 11) is 0. The van der Waals surface area contributed by atoms with Crippen molar-refractivity contribution < 1.29 is 0 Å². The summed E-state index contributed by atoms with van der Waals surface area (Å²) in [6.07, 6.45) is 0. The van der Waals surface area contributed by atoms with Gasteiger partial charge in [-0.1, -0.05) is 200 Å². The van der Waals surface area contributed by atoms with E-state index in [9.17, 15) is 0 Å². The summed E-state index contributed by atoms with van der Waals surface area (Å²) in [5.41, 5.74) is 16.9. The number of hydrogen-bond acceptors (Lipinski definition) is 3. The second-order valence-corrected chi connectivity index (χ2v) is 15.3. The normalized spacial score (nSPS) is 11.3. The molecule has 4 nitrogen and oxygen atoms in total. The van der Waals surface area contributed by atoms with Crippen molar-refractivity contribution >= 4 is 16.3 Å². The minimum absolute atomic E-state index is 0.691. The topological polar surface area (TPSA) is 43.1 Å². The Morgan fingerprint density at radius 3 is 1.31 bits per heavy atom. The summed E-state index contributed by atoms with van der Waals surface area (Å²) >= 11 is 0. The molecule has 0 saturated carbocycles. The van der Waals surface area contributed by atoms with E-state index in [0.29, 0.717) is 5.82 Å². The van der Waals surface area contributed by atoms with Crippen molar-refractivity contribution in [2.45, 2.75) is 0 Å². The van der Waals surface area contributed by atoms with Gasteiger partial charge in [0.05, 0.1) is 22.6 Å². The van der Waals surface area contributed by atoms with Gasteiger partial charge in [0.2, 0.25) is 0 Å². The monoisotopic (exact) mass is 778 g/mol. The molecule has 0 aliphatic heterocycles. The van der Waals surface area contributed by atoms with Crippen LogP contribution in [0, 0.1) is 0 Å². The highest BCUT2D eigenvalue weighted by Crippen LogP contribution is 2.42. The van der Waals surface area contributed by atoms with Crippen LogP contribution in [-0.4, -0.2) is 19.6 Å². The van der Waals surface area contributed by atoms with Crippen LogP contribution in [0.25, 0.3) is 106 Å². The molecule has 0 radical (unpaired) electrons. The first kappa shape index (κ1) is 35.9. The fourth-order valence-electron chi connectivity index (χ4n) is 8.41. The number of rotatable bonds is 8. The lowest BCUT2D eigenvalue weighted by atomic mass is 9.94. The molecule has 0 N–H and O–H groups in total. The van der Waals surface area contributed by atoms with Gasteiger partial charge < -0.3 is 0 Å². The molecule has 8 aromatic carbocycles. The molecule has 11 aromatic rings. The first-order chi connectivity index (χ1) is 30.2. The van der Waals surface area contributed by atoms with E-state index in [4.69, 9.17) is 15.1 Å². The molecule has 0 saturated heterocycles. The Labute approximate surface area is 354 Å². The van der Waals surface area contributed by atoms with Gasteiger partial charge in [0, 0.05) is 38.8 Å². The smallest absolute Gasteiger partial charge is 0.160 e. The first-order valence-electron chi connectivity index (χ1n) is 20.6. The lowest BCUT2D eigenvalue weighted by Crippen LogP contribution is -1.96. The fraction of sp³-hybridized carbons (Fsp3) is 0. The largest absolute Gasteiger partial charge is 0.231 e. The van der Waals surface area contributed by atoms with Crippen LogP contribution in [-0.2, 0) is 0 Å². The van der Waals surface area contributed by atoms with E-state index in [2.05, 4.69) is 199 Å². The molecule has 0 atom stereocenters. The van der Waals surface area contributed by atoms with E-state index in [-0.39, 0.29) is 0 Å². The van der Waals surface area contributed by atoms with Gasteiger partial charge in [-0.15, -0.1) is 0 Å². The molecule has 0 bridgehead atoms. The Bertz CT molecular complexity index is 3270. The fourth-order valence-corrected chi connectivity index (χ4v) is 8.41. The molecular formula is C57H38N4. The van der Waals surface area contributed by atoms with E-state index >= 15 is 0 Å². The van der Waals surface area contributed by atoms with Gasteiger partial charge in [0.25, 0.3) is 0 Å². The number of pyridine rings is 1. The second-order valence-electron chi connectivity index (χ2n) is 15.3. The van der Waals surface area contributed by atoms with Crippen LogP contribution in [0.4, 0.5) is 0 Å². The van der Waals surface area contributed by atoms with Crippen LogP contribution >= 0.6 is 0 Å². The zero-order valence-corrected chi connectivity index (χ0v) is 33.2. The molecule has 0 aliphatic carbocycles. The second kappa shape index (κ2) is 15.5. The SMILES string of the molecule is c1ccc(-c2cc(-c3ccccc3)nc(-c3cccc(-c4cccc(-c5ccc6cc(-c7ccccc7)n7nc(-c8ccccc8)c(-c8ccccc8)c7c6c5)c4)c3)n2)cc1. The van der Waals surface area contributed by atoms with Crippen molar-refractivity contribution in [2.24, 2.45) is 0 Å². The predicted octanol–water partition coefficient (Wildman–Crippen LogP) is 14.6. The maximum Gasteiger partial charge on any atom is 0.160 e. The highest BCUT2D eigenvalue weighted by molar-refractivity contribution is 6.09. The molecule has 0 aliphatic rings. The lowest BCUT2D eigenvalue weighted by Gasteiger charge is -2.13. The Morgan fingerprint density at radius 2 is 0.754 bits per heavy atom. The van der Waals surface area contributed by atoms with Gasteiger partial charge in [0.1, 0.15) is 5.69 Å². The van der Waals surface area contributed by atoms with Gasteiger partial charge in [-0.2, -0.15) is 5.10 Å². The highest BCUT2D eigenvalue weighted by atomic mass is 15.2. The van der Waals surface area contributed by atoms with Gasteiger partial charge in [-0.3, -0.25) is 0 Å². The average Bonchev–Trinajstić information content (AvgIpc) is 3.76. The zero-order chi connectivity index (χ0) is 40.5. The zero-order valence-electron chi connectivity index (χ0n) is 33.2. The van der Waals surface area contributed by atoms with Crippen LogP contribution < -0.4 is 0 Å². The molecule has 3 aromatic heterocycles. The van der Waals surface area contributed by atoms with Crippen molar-refractivity contribution in [3.8, 4) is 89.8 Å². The third-order valence-corrected chi connectivity index (χ3v) is 11.4. The van der Waals surface area contributed by atoms with Crippen LogP contribution in [0.15, 0.2) is 231 Å². The summed E-state index contributed by atoms with van der Waals surface area (Å²) in [5.74, 6) is 0.691. The van der Waals surface area contributed by atoms with Crippen molar-refractivity contribution in [3.05, 3.63) is 231 Å². The van der Waals surface area contributed by atoms with Gasteiger partial charge in [-0.25, -0.2) is 14.5 Å². The highest BCUT2D eigenvalue weighted by Gasteiger charge is 2.22. The van der Waals surface area contributed by atoms with Gasteiger partial charge >= 0.3 is 0 Å². The minimum atomic E-state index is 0.691. The van der Waals surface area contributed by atoms with Crippen molar-refractivity contribution in [1.29, 1.82) is 0 Å². The third kappa shape index (κ3) is 6.86. The number of fused-ring (bicyclic) bond motifs is 3. The molecular weight excluding hydrogens is 741 g/mol. The molecule has 286 valence electrons. The number of benzene rings is 8. The Morgan fingerprint density at radius 1 is 0.311 bits per heavy atom. The summed E-state index contributed by atoms with van der Waals surface area (Å²) in [5, 5.41) is 7.72. The molecule has 0 unspecified atom stereocenters. The standard InChI is InChI=1S/C57H38N4/c1-6-18-39(19-7-1)51-38-52(40-20-8-2-9-21-40)59-57(58-51)49-31-17-30-46(35-49)44-28-16-29-45(34-44)47-32-33-48-37-53(41-22-10-3-11-23-41)61-56(50(48)36-47)54(42-24-12-4-13-25-42)55(60-61)43-26-14-5-15-27-43/h1-38H. The quantitative estimate of drug-likeness (QED) is 0.154. The number of aromatic nitrogens is 4. The van der Waals surface area contributed by atoms with E-state index in [1.807, 2.05) is 36.4 Å². The van der Waals surface area contributed by atoms with Crippen LogP contribution in [0.1, 0.15) is 0 Å². The van der Waals surface area contributed by atoms with Crippen molar-refractivity contribution in [2.75, 3.05) is 0 Å². The maximum atomic E-state index is 5.43. The minimum Gasteiger partial charge on any atom is -0.231 e. The summed E-state index contributed by atoms with van der Waals surface area (Å²) in [4.78, 5) is 10.2. The molecule has 0 spiro atoms. The maximum absolute atomic E-state index is 5.43. The van der Waals surface area contributed by atoms with Gasteiger partial charge in [0.15, 0.2) is 5.82 Å². The van der Waals surface area contributed by atoms with Crippen molar-refractivity contribution in [1.82, 2.24) is 19.6 Å². The molecule has 4 heteroatoms. The van der Waals surface area contributed by atoms with Crippen molar-refractivity contribution in [3.63, 3.8) is 0 Å². The van der Waals surface area contributed by atoms with E-state index in [1.165, 1.54) is 0 Å². The number of nitrogens with zero attached hydrogens (tertiary/aromatic N) is 4. The van der Waals surface area contributed by atoms with Crippen LogP contribution in [0.3, 0.4) is 0 Å². The van der Waals surface area contributed by atoms with Crippen LogP contribution in [0.2, 0.25) is 0 Å². The Kier molecular flexibility index (Phi) is 9.14. The summed E-state index contributed by atoms with van der Waals surface area (Å²) in [6, 6.07) is 81.0. The molecule has 3 heterocycles. The van der Waals surface area contributed by atoms with Crippen LogP contribution in [0.5, 0.6) is 0 Å². The van der Waals surface area contributed by atoms with E-state index in [1.54, 1.807) is 0 Å². The van der Waals surface area contributed by atoms with E-state index in [0.717, 1.165) is 100 Å². The first-order valence-corrected chi connectivity index (χ1v) is 20.6. The molecule has 0 fully saturated rings. The lowest BCUT2D eigenvalue weighted by molar-refractivity contribution is 0.979. The molecule has 0 amide bonds. The molecule has 61 heavy (non-hydrogen) atoms. The third-order valence-electron chi connectivity index (χ3n) is 11.4. The Hall–Kier alpha value is -8.21. The number of hydrogen-bond donors (Lipinski definition) is 0.